The van der Waals surface area contributed by atoms with Crippen LogP contribution in [0.25, 0.3) is 10.9 Å². The Morgan fingerprint density at radius 3 is 2.10 bits per heavy atom. The molecule has 4 aromatic rings. The van der Waals surface area contributed by atoms with Crippen LogP contribution in [-0.2, 0) is 6.54 Å². The summed E-state index contributed by atoms with van der Waals surface area (Å²) in [7, 11) is 1.42. The number of nitrogens with one attached hydrogen (secondary N) is 1. The first-order valence-corrected chi connectivity index (χ1v) is 13.5. The fraction of sp³-hybridized carbons (Fsp3) is 0.323. The van der Waals surface area contributed by atoms with Crippen molar-refractivity contribution < 1.29 is 31.1 Å². The van der Waals surface area contributed by atoms with E-state index in [1.807, 2.05) is 30.3 Å². The van der Waals surface area contributed by atoms with Crippen molar-refractivity contribution >= 4 is 16.7 Å². The smallest absolute Gasteiger partial charge is 0.410 e. The maximum atomic E-state index is 14.7. The Kier molecular flexibility index (Phi) is 8.60. The Labute approximate surface area is 239 Å². The number of piperazine rings is 1. The van der Waals surface area contributed by atoms with Crippen LogP contribution in [-0.4, -0.2) is 61.1 Å². The summed E-state index contributed by atoms with van der Waals surface area (Å²) in [6.45, 7) is -0.905. The van der Waals surface area contributed by atoms with Gasteiger partial charge >= 0.3 is 12.4 Å². The van der Waals surface area contributed by atoms with Gasteiger partial charge in [0, 0.05) is 37.1 Å². The molecule has 3 unspecified atom stereocenters. The summed E-state index contributed by atoms with van der Waals surface area (Å²) in [5, 5.41) is 3.85. The van der Waals surface area contributed by atoms with Gasteiger partial charge in [0.15, 0.2) is 0 Å². The van der Waals surface area contributed by atoms with E-state index in [2.05, 4.69) is 10.3 Å². The molecule has 0 spiro atoms. The van der Waals surface area contributed by atoms with E-state index in [0.29, 0.717) is 33.7 Å². The summed E-state index contributed by atoms with van der Waals surface area (Å²) in [5.74, 6) is 0.0174. The van der Waals surface area contributed by atoms with Crippen LogP contribution in [0.5, 0.6) is 5.75 Å². The predicted molar refractivity (Wildman–Crippen MR) is 149 cm³/mol. The Bertz CT molecular complexity index is 1460. The zero-order valence-corrected chi connectivity index (χ0v) is 22.7. The number of hydrogen-bond acceptors (Lipinski definition) is 5. The Morgan fingerprint density at radius 2 is 1.43 bits per heavy atom. The van der Waals surface area contributed by atoms with Crippen molar-refractivity contribution in [1.29, 1.82) is 0 Å². The molecule has 1 saturated heterocycles. The third-order valence-corrected chi connectivity index (χ3v) is 7.54. The lowest BCUT2D eigenvalue weighted by Crippen LogP contribution is -2.68. The van der Waals surface area contributed by atoms with Gasteiger partial charge in [-0.05, 0) is 29.8 Å². The van der Waals surface area contributed by atoms with Gasteiger partial charge in [0.05, 0.1) is 18.7 Å². The molecule has 0 aliphatic carbocycles. The third kappa shape index (κ3) is 6.47. The largest absolute Gasteiger partial charge is 0.496 e. The van der Waals surface area contributed by atoms with Gasteiger partial charge in [-0.15, -0.1) is 0 Å². The molecule has 5 rings (SSSR count). The summed E-state index contributed by atoms with van der Waals surface area (Å²) < 4.78 is 93.7. The highest BCUT2D eigenvalue weighted by Gasteiger charge is 2.57. The normalized spacial score (nSPS) is 19.2. The lowest BCUT2D eigenvalue weighted by Gasteiger charge is -2.50. The van der Waals surface area contributed by atoms with Gasteiger partial charge in [0.1, 0.15) is 23.7 Å². The van der Waals surface area contributed by atoms with E-state index in [-0.39, 0.29) is 12.4 Å². The third-order valence-electron chi connectivity index (χ3n) is 7.54. The van der Waals surface area contributed by atoms with E-state index in [4.69, 9.17) is 4.74 Å². The summed E-state index contributed by atoms with van der Waals surface area (Å²) in [5.41, 5.74) is 1.75. The monoisotopic (exact) mass is 588 g/mol. The molecule has 0 radical (unpaired) electrons. The van der Waals surface area contributed by atoms with E-state index in [1.54, 1.807) is 48.5 Å². The van der Waals surface area contributed by atoms with E-state index in [1.165, 1.54) is 24.1 Å². The molecule has 2 heterocycles. The lowest BCUT2D eigenvalue weighted by molar-refractivity contribution is -0.194. The van der Waals surface area contributed by atoms with Gasteiger partial charge in [0.25, 0.3) is 0 Å². The second kappa shape index (κ2) is 12.2. The first kappa shape index (κ1) is 29.7. The number of ether oxygens (including phenoxy) is 1. The number of fused-ring (bicyclic) bond motifs is 1. The summed E-state index contributed by atoms with van der Waals surface area (Å²) >= 11 is 0. The second-order valence-corrected chi connectivity index (χ2v) is 10.2. The van der Waals surface area contributed by atoms with E-state index >= 15 is 0 Å². The van der Waals surface area contributed by atoms with Gasteiger partial charge in [0.2, 0.25) is 0 Å². The van der Waals surface area contributed by atoms with Crippen molar-refractivity contribution in [3.63, 3.8) is 0 Å². The number of nitrogens with zero attached hydrogens (tertiary/aromatic N) is 3. The number of benzene rings is 3. The van der Waals surface area contributed by atoms with Crippen molar-refractivity contribution in [3.05, 3.63) is 102 Å². The number of aromatic nitrogens is 1. The van der Waals surface area contributed by atoms with Gasteiger partial charge in [-0.25, -0.2) is 4.98 Å². The lowest BCUT2D eigenvalue weighted by atomic mass is 9.97. The number of pyridine rings is 1. The number of alkyl halides is 6. The SMILES string of the molecule is COc1ccccc1C(CNCc1ccccc1)N1CC(C(F)(F)F)N(c2ccc3ccccc3n2)C(C(F)(F)F)C1. The van der Waals surface area contributed by atoms with Crippen molar-refractivity contribution in [2.24, 2.45) is 0 Å². The molecule has 1 aliphatic heterocycles. The highest BCUT2D eigenvalue weighted by molar-refractivity contribution is 5.80. The molecular formula is C31H30F6N4O. The topological polar surface area (TPSA) is 40.6 Å². The highest BCUT2D eigenvalue weighted by Crippen LogP contribution is 2.42. The highest BCUT2D eigenvalue weighted by atomic mass is 19.4. The average molecular weight is 589 g/mol. The minimum atomic E-state index is -4.97. The minimum absolute atomic E-state index is 0.0959. The molecule has 1 fully saturated rings. The predicted octanol–water partition coefficient (Wildman–Crippen LogP) is 6.76. The number of methoxy groups -OCH3 is 1. The first-order valence-electron chi connectivity index (χ1n) is 13.5. The number of rotatable bonds is 8. The maximum absolute atomic E-state index is 14.7. The van der Waals surface area contributed by atoms with Crippen LogP contribution in [0.15, 0.2) is 91.0 Å². The van der Waals surface area contributed by atoms with Gasteiger partial charge in [-0.1, -0.05) is 66.7 Å². The Hall–Kier alpha value is -3.83. The molecule has 5 nitrogen and oxygen atoms in total. The van der Waals surface area contributed by atoms with Crippen molar-refractivity contribution in [2.45, 2.75) is 37.0 Å². The summed E-state index contributed by atoms with van der Waals surface area (Å²) in [6, 6.07) is 19.7. The van der Waals surface area contributed by atoms with Crippen LogP contribution >= 0.6 is 0 Å². The summed E-state index contributed by atoms with van der Waals surface area (Å²) in [4.78, 5) is 5.91. The number of hydrogen-bond donors (Lipinski definition) is 1. The fourth-order valence-corrected chi connectivity index (χ4v) is 5.53. The number of halogens is 6. The van der Waals surface area contributed by atoms with Crippen molar-refractivity contribution in [1.82, 2.24) is 15.2 Å². The van der Waals surface area contributed by atoms with E-state index in [0.717, 1.165) is 5.56 Å². The molecule has 3 aromatic carbocycles. The zero-order chi connectivity index (χ0) is 29.9. The molecule has 0 saturated carbocycles. The maximum Gasteiger partial charge on any atom is 0.410 e. The number of para-hydroxylation sites is 2. The van der Waals surface area contributed by atoms with Crippen LogP contribution < -0.4 is 15.0 Å². The number of anilines is 1. The van der Waals surface area contributed by atoms with Crippen LogP contribution in [0.2, 0.25) is 0 Å². The quantitative estimate of drug-likeness (QED) is 0.231. The standard InChI is InChI=1S/C31H30F6N4O/c1-42-26-14-8-6-12-23(26)25(18-38-17-21-9-3-2-4-10-21)40-19-27(30(32,33)34)41(28(20-40)31(35,36)37)29-16-15-22-11-5-7-13-24(22)39-29/h2-16,25,27-28,38H,17-20H2,1H3. The van der Waals surface area contributed by atoms with Crippen LogP contribution in [0.1, 0.15) is 17.2 Å². The molecule has 11 heteroatoms. The molecule has 1 aromatic heterocycles. The van der Waals surface area contributed by atoms with Crippen LogP contribution in [0.3, 0.4) is 0 Å². The van der Waals surface area contributed by atoms with Gasteiger partial charge < -0.3 is 15.0 Å². The first-order chi connectivity index (χ1) is 20.1. The van der Waals surface area contributed by atoms with Crippen molar-refractivity contribution in [2.75, 3.05) is 31.6 Å². The Balaban J connectivity index is 1.54. The molecule has 222 valence electrons. The molecule has 0 bridgehead atoms. The van der Waals surface area contributed by atoms with Crippen molar-refractivity contribution in [3.8, 4) is 5.75 Å². The van der Waals surface area contributed by atoms with Gasteiger partial charge in [-0.2, -0.15) is 26.3 Å². The average Bonchev–Trinajstić information content (AvgIpc) is 2.98. The fourth-order valence-electron chi connectivity index (χ4n) is 5.53. The van der Waals surface area contributed by atoms with Gasteiger partial charge in [-0.3, -0.25) is 4.90 Å². The van der Waals surface area contributed by atoms with Crippen LogP contribution in [0, 0.1) is 0 Å². The summed E-state index contributed by atoms with van der Waals surface area (Å²) in [6.07, 6.45) is -9.95. The van der Waals surface area contributed by atoms with E-state index in [9.17, 15) is 26.3 Å². The molecule has 3 atom stereocenters. The van der Waals surface area contributed by atoms with Crippen LogP contribution in [0.4, 0.5) is 32.2 Å². The molecule has 0 amide bonds. The zero-order valence-electron chi connectivity index (χ0n) is 22.7. The Morgan fingerprint density at radius 1 is 0.810 bits per heavy atom. The molecule has 1 aliphatic rings. The van der Waals surface area contributed by atoms with E-state index < -0.39 is 43.6 Å². The molecular weight excluding hydrogens is 558 g/mol. The second-order valence-electron chi connectivity index (χ2n) is 10.2. The minimum Gasteiger partial charge on any atom is -0.496 e. The molecule has 1 N–H and O–H groups in total. The molecule has 42 heavy (non-hydrogen) atoms.